The molecule has 0 radical (unpaired) electrons. The minimum Gasteiger partial charge on any atom is -0.0623 e. The standard InChI is InChI=1S/C15H16/c1-10-11(2)14-9-8-12-6-4-3-5-7-13(10)15(12)14/h3-7,14H,8-9H2,1-2H3/b4-3?,5-3-,6-4-,7-5?,12-6?,13-7-. The minimum absolute atomic E-state index is 0.724. The molecule has 0 amide bonds. The molecule has 0 saturated heterocycles. The highest BCUT2D eigenvalue weighted by atomic mass is 14.4. The summed E-state index contributed by atoms with van der Waals surface area (Å²) in [6.45, 7) is 4.57. The van der Waals surface area contributed by atoms with Crippen LogP contribution in [0.15, 0.2) is 58.2 Å². The first-order chi connectivity index (χ1) is 7.29. The van der Waals surface area contributed by atoms with E-state index in [4.69, 9.17) is 0 Å². The fourth-order valence-corrected chi connectivity index (χ4v) is 3.05. The van der Waals surface area contributed by atoms with Crippen LogP contribution in [-0.2, 0) is 0 Å². The van der Waals surface area contributed by atoms with E-state index < -0.39 is 0 Å². The summed E-state index contributed by atoms with van der Waals surface area (Å²) in [5.41, 5.74) is 7.77. The van der Waals surface area contributed by atoms with Gasteiger partial charge in [0.15, 0.2) is 0 Å². The van der Waals surface area contributed by atoms with Gasteiger partial charge in [0.2, 0.25) is 0 Å². The van der Waals surface area contributed by atoms with Gasteiger partial charge in [-0.1, -0.05) is 36.0 Å². The summed E-state index contributed by atoms with van der Waals surface area (Å²) >= 11 is 0. The Balaban J connectivity index is 2.24. The van der Waals surface area contributed by atoms with Crippen molar-refractivity contribution in [1.29, 1.82) is 0 Å². The molecule has 0 aromatic carbocycles. The van der Waals surface area contributed by atoms with Crippen molar-refractivity contribution in [3.05, 3.63) is 58.2 Å². The highest BCUT2D eigenvalue weighted by molar-refractivity contribution is 5.64. The van der Waals surface area contributed by atoms with Crippen molar-refractivity contribution >= 4 is 0 Å². The average molecular weight is 196 g/mol. The van der Waals surface area contributed by atoms with Gasteiger partial charge in [0, 0.05) is 5.92 Å². The van der Waals surface area contributed by atoms with Crippen LogP contribution in [0.25, 0.3) is 0 Å². The number of allylic oxidation sites excluding steroid dienone is 10. The lowest BCUT2D eigenvalue weighted by molar-refractivity contribution is 0.718. The van der Waals surface area contributed by atoms with E-state index in [0.29, 0.717) is 0 Å². The predicted octanol–water partition coefficient (Wildman–Crippen LogP) is 4.10. The third-order valence-corrected chi connectivity index (χ3v) is 3.99. The van der Waals surface area contributed by atoms with Gasteiger partial charge in [-0.25, -0.2) is 0 Å². The van der Waals surface area contributed by atoms with Gasteiger partial charge in [-0.2, -0.15) is 0 Å². The molecule has 0 heteroatoms. The second kappa shape index (κ2) is 3.10. The van der Waals surface area contributed by atoms with Crippen molar-refractivity contribution in [2.45, 2.75) is 26.7 Å². The van der Waals surface area contributed by atoms with E-state index in [-0.39, 0.29) is 0 Å². The molecule has 0 N–H and O–H groups in total. The fourth-order valence-electron chi connectivity index (χ4n) is 3.05. The number of rotatable bonds is 0. The molecule has 0 saturated carbocycles. The van der Waals surface area contributed by atoms with Crippen molar-refractivity contribution in [2.75, 3.05) is 0 Å². The van der Waals surface area contributed by atoms with E-state index in [1.165, 1.54) is 24.0 Å². The molecule has 15 heavy (non-hydrogen) atoms. The molecule has 3 rings (SSSR count). The van der Waals surface area contributed by atoms with Crippen LogP contribution in [0, 0.1) is 5.92 Å². The van der Waals surface area contributed by atoms with Gasteiger partial charge in [0.1, 0.15) is 0 Å². The number of hydrogen-bond acceptors (Lipinski definition) is 0. The van der Waals surface area contributed by atoms with Crippen molar-refractivity contribution in [3.8, 4) is 0 Å². The Morgan fingerprint density at radius 2 is 2.00 bits per heavy atom. The zero-order valence-electron chi connectivity index (χ0n) is 9.38. The van der Waals surface area contributed by atoms with Gasteiger partial charge in [0.25, 0.3) is 0 Å². The average Bonchev–Trinajstić information content (AvgIpc) is 2.67. The maximum atomic E-state index is 2.30. The fraction of sp³-hybridized carbons (Fsp3) is 0.333. The molecule has 1 atom stereocenters. The van der Waals surface area contributed by atoms with Crippen LogP contribution in [0.3, 0.4) is 0 Å². The summed E-state index contributed by atoms with van der Waals surface area (Å²) in [6, 6.07) is 0. The molecule has 0 nitrogen and oxygen atoms in total. The normalized spacial score (nSPS) is 35.9. The van der Waals surface area contributed by atoms with Gasteiger partial charge < -0.3 is 0 Å². The van der Waals surface area contributed by atoms with Gasteiger partial charge in [0.05, 0.1) is 0 Å². The van der Waals surface area contributed by atoms with Gasteiger partial charge in [-0.15, -0.1) is 0 Å². The zero-order chi connectivity index (χ0) is 10.4. The molecule has 0 spiro atoms. The van der Waals surface area contributed by atoms with E-state index in [0.717, 1.165) is 5.92 Å². The lowest BCUT2D eigenvalue weighted by Gasteiger charge is -2.08. The Hall–Kier alpha value is -1.30. The molecule has 3 aliphatic rings. The van der Waals surface area contributed by atoms with Crippen LogP contribution in [0.4, 0.5) is 0 Å². The zero-order valence-corrected chi connectivity index (χ0v) is 9.38. The monoisotopic (exact) mass is 196 g/mol. The smallest absolute Gasteiger partial charge is 0.00632 e. The SMILES string of the molecule is CC1=C(C)C2CCC3=C2C\1=C/C=C\C=C/3. The van der Waals surface area contributed by atoms with Crippen molar-refractivity contribution in [1.82, 2.24) is 0 Å². The maximum absolute atomic E-state index is 2.30. The molecular formula is C15H16. The first-order valence-corrected chi connectivity index (χ1v) is 5.75. The van der Waals surface area contributed by atoms with Crippen LogP contribution in [0.2, 0.25) is 0 Å². The van der Waals surface area contributed by atoms with E-state index >= 15 is 0 Å². The molecule has 1 unspecified atom stereocenters. The Morgan fingerprint density at radius 1 is 1.13 bits per heavy atom. The van der Waals surface area contributed by atoms with Crippen LogP contribution in [0.5, 0.6) is 0 Å². The Labute approximate surface area is 91.4 Å². The first kappa shape index (κ1) is 8.96. The van der Waals surface area contributed by atoms with Gasteiger partial charge in [-0.05, 0) is 49.0 Å². The topological polar surface area (TPSA) is 0 Å². The van der Waals surface area contributed by atoms with E-state index in [9.17, 15) is 0 Å². The molecule has 0 aliphatic heterocycles. The molecule has 76 valence electrons. The molecule has 0 heterocycles. The van der Waals surface area contributed by atoms with E-state index in [1.807, 2.05) is 0 Å². The Kier molecular flexibility index (Phi) is 1.85. The predicted molar refractivity (Wildman–Crippen MR) is 64.5 cm³/mol. The largest absolute Gasteiger partial charge is 0.0623 e. The molecule has 0 aromatic heterocycles. The highest BCUT2D eigenvalue weighted by Crippen LogP contribution is 2.50. The Morgan fingerprint density at radius 3 is 2.87 bits per heavy atom. The summed E-state index contributed by atoms with van der Waals surface area (Å²) in [7, 11) is 0. The second-order valence-electron chi connectivity index (χ2n) is 4.66. The van der Waals surface area contributed by atoms with Crippen molar-refractivity contribution in [3.63, 3.8) is 0 Å². The maximum Gasteiger partial charge on any atom is 0.00632 e. The lowest BCUT2D eigenvalue weighted by atomic mass is 9.96. The van der Waals surface area contributed by atoms with Crippen molar-refractivity contribution in [2.24, 2.45) is 5.92 Å². The third-order valence-electron chi connectivity index (χ3n) is 3.99. The quantitative estimate of drug-likeness (QED) is 0.547. The lowest BCUT2D eigenvalue weighted by Crippen LogP contribution is -1.94. The first-order valence-electron chi connectivity index (χ1n) is 5.75. The summed E-state index contributed by atoms with van der Waals surface area (Å²) in [4.78, 5) is 0. The molecule has 0 aromatic rings. The minimum atomic E-state index is 0.724. The molecular weight excluding hydrogens is 180 g/mol. The third kappa shape index (κ3) is 1.14. The van der Waals surface area contributed by atoms with E-state index in [2.05, 4.69) is 44.2 Å². The second-order valence-corrected chi connectivity index (χ2v) is 4.66. The van der Waals surface area contributed by atoms with Crippen molar-refractivity contribution < 1.29 is 0 Å². The molecule has 0 bridgehead atoms. The summed E-state index contributed by atoms with van der Waals surface area (Å²) in [6.07, 6.45) is 13.6. The highest BCUT2D eigenvalue weighted by Gasteiger charge is 2.34. The van der Waals surface area contributed by atoms with Crippen LogP contribution in [-0.4, -0.2) is 0 Å². The van der Waals surface area contributed by atoms with Crippen LogP contribution in [0.1, 0.15) is 26.7 Å². The summed E-state index contributed by atoms with van der Waals surface area (Å²) in [5.74, 6) is 0.724. The summed E-state index contributed by atoms with van der Waals surface area (Å²) < 4.78 is 0. The van der Waals surface area contributed by atoms with Crippen LogP contribution >= 0.6 is 0 Å². The molecule has 0 fully saturated rings. The molecule has 3 aliphatic carbocycles. The van der Waals surface area contributed by atoms with E-state index in [1.54, 1.807) is 16.7 Å². The van der Waals surface area contributed by atoms with Crippen LogP contribution < -0.4 is 0 Å². The number of hydrogen-bond donors (Lipinski definition) is 0. The Bertz CT molecular complexity index is 464. The summed E-state index contributed by atoms with van der Waals surface area (Å²) in [5, 5.41) is 0. The van der Waals surface area contributed by atoms with Gasteiger partial charge in [-0.3, -0.25) is 0 Å². The van der Waals surface area contributed by atoms with Gasteiger partial charge >= 0.3 is 0 Å².